The zero-order valence-electron chi connectivity index (χ0n) is 18.4. The lowest BCUT2D eigenvalue weighted by Gasteiger charge is -2.21. The van der Waals surface area contributed by atoms with Crippen molar-refractivity contribution in [3.05, 3.63) is 60.2 Å². The maximum atomic E-state index is 10.2. The van der Waals surface area contributed by atoms with Gasteiger partial charge in [-0.2, -0.15) is 5.26 Å². The molecule has 0 aliphatic heterocycles. The predicted octanol–water partition coefficient (Wildman–Crippen LogP) is 4.40. The maximum Gasteiger partial charge on any atom is 0.132 e. The second kappa shape index (κ2) is 16.1. The van der Waals surface area contributed by atoms with Gasteiger partial charge in [0.15, 0.2) is 0 Å². The minimum Gasteiger partial charge on any atom is -0.330 e. The van der Waals surface area contributed by atoms with Crippen LogP contribution in [-0.4, -0.2) is 34.4 Å². The van der Waals surface area contributed by atoms with Crippen LogP contribution in [-0.2, 0) is 17.6 Å². The Morgan fingerprint density at radius 3 is 1.81 bits per heavy atom. The van der Waals surface area contributed by atoms with Gasteiger partial charge in [0.2, 0.25) is 0 Å². The van der Waals surface area contributed by atoms with Crippen molar-refractivity contribution in [1.29, 1.82) is 5.26 Å². The molecule has 32 heavy (non-hydrogen) atoms. The highest BCUT2D eigenvalue weighted by Crippen LogP contribution is 2.28. The lowest BCUT2D eigenvalue weighted by atomic mass is 9.99. The molecule has 2 aromatic rings. The van der Waals surface area contributed by atoms with Crippen LogP contribution >= 0.6 is 0 Å². The fourth-order valence-corrected chi connectivity index (χ4v) is 3.79. The number of hydrogen-bond donors (Lipinski definition) is 2. The third-order valence-electron chi connectivity index (χ3n) is 5.64. The van der Waals surface area contributed by atoms with E-state index in [0.29, 0.717) is 12.3 Å². The second-order valence-corrected chi connectivity index (χ2v) is 8.07. The zero-order chi connectivity index (χ0) is 22.2. The number of Topliss-reactive ketones (excluding diaryl/α,β-unsaturated/α-hetero) is 1. The molecule has 2 aliphatic rings. The number of ketones is 1. The number of hydrogen-bond acceptors (Lipinski definition) is 6. The number of aromatic nitrogens is 2. The molecule has 4 rings (SSSR count). The number of nitrogens with two attached hydrogens (primary N) is 1. The normalized spacial score (nSPS) is 15.9. The Balaban J connectivity index is 0.000000270. The summed E-state index contributed by atoms with van der Waals surface area (Å²) in [5, 5.41) is 12.6. The summed E-state index contributed by atoms with van der Waals surface area (Å²) in [7, 11) is 0. The van der Waals surface area contributed by atoms with Crippen LogP contribution in [0.5, 0.6) is 0 Å². The number of carbonyl (C=O) groups excluding carboxylic acids is 1. The average Bonchev–Trinajstić information content (AvgIpc) is 3.49. The van der Waals surface area contributed by atoms with Gasteiger partial charge in [0, 0.05) is 44.2 Å². The lowest BCUT2D eigenvalue weighted by Crippen LogP contribution is -2.42. The Morgan fingerprint density at radius 1 is 0.906 bits per heavy atom. The predicted molar refractivity (Wildman–Crippen MR) is 130 cm³/mol. The van der Waals surface area contributed by atoms with E-state index >= 15 is 0 Å². The quantitative estimate of drug-likeness (QED) is 0.694. The molecule has 2 fully saturated rings. The third kappa shape index (κ3) is 10.6. The number of pyridine rings is 2. The molecule has 2 aliphatic carbocycles. The van der Waals surface area contributed by atoms with E-state index in [1.807, 2.05) is 36.7 Å². The van der Waals surface area contributed by atoms with Crippen molar-refractivity contribution in [2.24, 2.45) is 5.73 Å². The van der Waals surface area contributed by atoms with Crippen molar-refractivity contribution in [3.8, 4) is 6.07 Å². The summed E-state index contributed by atoms with van der Waals surface area (Å²) >= 11 is 0. The van der Waals surface area contributed by atoms with Gasteiger partial charge >= 0.3 is 0 Å². The SMILES string of the molecule is C.N#CC1(NCCc2ccncc2)CCCC1.NCCc1ccncc1.O=C1CCCC1. The molecule has 0 atom stereocenters. The number of nitrogens with zero attached hydrogens (tertiary/aromatic N) is 3. The first-order valence-electron chi connectivity index (χ1n) is 11.3. The third-order valence-corrected chi connectivity index (χ3v) is 5.64. The molecule has 2 heterocycles. The molecule has 0 spiro atoms. The lowest BCUT2D eigenvalue weighted by molar-refractivity contribution is -0.117. The first-order chi connectivity index (χ1) is 15.2. The van der Waals surface area contributed by atoms with Crippen molar-refractivity contribution in [2.75, 3.05) is 13.1 Å². The topological polar surface area (TPSA) is 105 Å². The van der Waals surface area contributed by atoms with E-state index in [4.69, 9.17) is 5.73 Å². The van der Waals surface area contributed by atoms with Crippen LogP contribution in [0.2, 0.25) is 0 Å². The van der Waals surface area contributed by atoms with Gasteiger partial charge in [-0.25, -0.2) is 0 Å². The van der Waals surface area contributed by atoms with E-state index in [1.165, 1.54) is 24.0 Å². The molecule has 6 heteroatoms. The summed E-state index contributed by atoms with van der Waals surface area (Å²) in [5.74, 6) is 0.454. The van der Waals surface area contributed by atoms with E-state index in [0.717, 1.165) is 57.9 Å². The van der Waals surface area contributed by atoms with Gasteiger partial charge < -0.3 is 5.73 Å². The molecular formula is C26H39N5O. The zero-order valence-corrected chi connectivity index (χ0v) is 18.4. The van der Waals surface area contributed by atoms with Crippen LogP contribution in [0, 0.1) is 11.3 Å². The Bertz CT molecular complexity index is 775. The number of carbonyl (C=O) groups is 1. The summed E-state index contributed by atoms with van der Waals surface area (Å²) in [6, 6.07) is 10.4. The van der Waals surface area contributed by atoms with Gasteiger partial charge in [-0.05, 0) is 80.5 Å². The standard InChI is InChI=1S/C13H17N3.C7H10N2.C5H8O.CH4/c14-11-13(6-1-2-7-13)16-10-5-12-3-8-15-9-4-12;8-4-1-7-2-5-9-6-3-7;6-5-3-1-2-4-5;/h3-4,8-9,16H,1-2,5-7,10H2;2-3,5-6H,1,4,8H2;1-4H2;1H4. The summed E-state index contributed by atoms with van der Waals surface area (Å²) in [4.78, 5) is 18.1. The Morgan fingerprint density at radius 2 is 1.41 bits per heavy atom. The van der Waals surface area contributed by atoms with E-state index < -0.39 is 0 Å². The number of rotatable bonds is 6. The molecule has 0 aromatic carbocycles. The van der Waals surface area contributed by atoms with E-state index in [-0.39, 0.29) is 13.0 Å². The summed E-state index contributed by atoms with van der Waals surface area (Å²) < 4.78 is 0. The molecule has 0 bridgehead atoms. The van der Waals surface area contributed by atoms with Gasteiger partial charge in [-0.1, -0.05) is 20.3 Å². The minimum atomic E-state index is -0.243. The van der Waals surface area contributed by atoms with Gasteiger partial charge in [0.05, 0.1) is 6.07 Å². The van der Waals surface area contributed by atoms with Crippen LogP contribution in [0.3, 0.4) is 0 Å². The number of nitriles is 1. The highest BCUT2D eigenvalue weighted by Gasteiger charge is 2.32. The summed E-state index contributed by atoms with van der Waals surface area (Å²) in [6.07, 6.45) is 17.4. The largest absolute Gasteiger partial charge is 0.330 e. The maximum absolute atomic E-state index is 10.2. The van der Waals surface area contributed by atoms with Crippen LogP contribution in [0.1, 0.15) is 69.9 Å². The minimum absolute atomic E-state index is 0. The summed E-state index contributed by atoms with van der Waals surface area (Å²) in [5.41, 5.74) is 7.63. The van der Waals surface area contributed by atoms with Crippen molar-refractivity contribution >= 4 is 5.78 Å². The molecular weight excluding hydrogens is 398 g/mol. The highest BCUT2D eigenvalue weighted by molar-refractivity contribution is 5.80. The molecule has 174 valence electrons. The van der Waals surface area contributed by atoms with E-state index in [9.17, 15) is 10.1 Å². The number of nitrogens with one attached hydrogen (secondary N) is 1. The Hall–Kier alpha value is -2.62. The Kier molecular flexibility index (Phi) is 13.8. The van der Waals surface area contributed by atoms with Crippen molar-refractivity contribution in [3.63, 3.8) is 0 Å². The molecule has 0 unspecified atom stereocenters. The monoisotopic (exact) mass is 437 g/mol. The van der Waals surface area contributed by atoms with Crippen LogP contribution in [0.15, 0.2) is 49.1 Å². The van der Waals surface area contributed by atoms with Crippen LogP contribution in [0.25, 0.3) is 0 Å². The fourth-order valence-electron chi connectivity index (χ4n) is 3.79. The second-order valence-electron chi connectivity index (χ2n) is 8.07. The molecule has 0 saturated heterocycles. The Labute approximate surface area is 193 Å². The molecule has 6 nitrogen and oxygen atoms in total. The van der Waals surface area contributed by atoms with Gasteiger partial charge in [0.1, 0.15) is 11.3 Å². The molecule has 2 aromatic heterocycles. The van der Waals surface area contributed by atoms with Gasteiger partial charge in [0.25, 0.3) is 0 Å². The fraction of sp³-hybridized carbons (Fsp3) is 0.538. The first-order valence-corrected chi connectivity index (χ1v) is 11.3. The molecule has 0 amide bonds. The van der Waals surface area contributed by atoms with Crippen molar-refractivity contribution < 1.29 is 4.79 Å². The molecule has 2 saturated carbocycles. The van der Waals surface area contributed by atoms with Gasteiger partial charge in [-0.15, -0.1) is 0 Å². The van der Waals surface area contributed by atoms with E-state index in [2.05, 4.69) is 21.4 Å². The smallest absolute Gasteiger partial charge is 0.132 e. The highest BCUT2D eigenvalue weighted by atomic mass is 16.1. The first kappa shape index (κ1) is 27.4. The van der Waals surface area contributed by atoms with Crippen LogP contribution in [0.4, 0.5) is 0 Å². The van der Waals surface area contributed by atoms with Gasteiger partial charge in [-0.3, -0.25) is 20.1 Å². The molecule has 3 N–H and O–H groups in total. The molecule has 0 radical (unpaired) electrons. The summed E-state index contributed by atoms with van der Waals surface area (Å²) in [6.45, 7) is 1.58. The van der Waals surface area contributed by atoms with Crippen LogP contribution < -0.4 is 11.1 Å². The van der Waals surface area contributed by atoms with Crippen molar-refractivity contribution in [1.82, 2.24) is 15.3 Å². The average molecular weight is 438 g/mol. The van der Waals surface area contributed by atoms with E-state index in [1.54, 1.807) is 12.4 Å². The van der Waals surface area contributed by atoms with Crippen molar-refractivity contribution in [2.45, 2.75) is 77.2 Å².